The highest BCUT2D eigenvalue weighted by molar-refractivity contribution is 8.00. The summed E-state index contributed by atoms with van der Waals surface area (Å²) in [5.41, 5.74) is 6.36. The van der Waals surface area contributed by atoms with Gasteiger partial charge in [0.05, 0.1) is 4.92 Å². The average Bonchev–Trinajstić information content (AvgIpc) is 2.37. The third kappa shape index (κ3) is 4.21. The molecule has 3 N–H and O–H groups in total. The van der Waals surface area contributed by atoms with Crippen LogP contribution in [0, 0.1) is 10.1 Å². The van der Waals surface area contributed by atoms with E-state index in [9.17, 15) is 14.9 Å². The van der Waals surface area contributed by atoms with Gasteiger partial charge in [-0.3, -0.25) is 14.9 Å². The van der Waals surface area contributed by atoms with E-state index in [1.807, 2.05) is 0 Å². The molecule has 0 fully saturated rings. The molecule has 0 bridgehead atoms. The molecule has 0 saturated heterocycles. The number of rotatable bonds is 7. The second-order valence-corrected chi connectivity index (χ2v) is 6.65. The Kier molecular flexibility index (Phi) is 5.52. The first-order valence-electron chi connectivity index (χ1n) is 6.10. The van der Waals surface area contributed by atoms with Gasteiger partial charge in [0.15, 0.2) is 0 Å². The molecule has 110 valence electrons. The fourth-order valence-corrected chi connectivity index (χ4v) is 2.84. The zero-order chi connectivity index (χ0) is 15.3. The number of hydrogen-bond acceptors (Lipinski definition) is 5. The summed E-state index contributed by atoms with van der Waals surface area (Å²) in [6.07, 6.45) is 0.498. The molecule has 0 heterocycles. The molecule has 1 aromatic carbocycles. The van der Waals surface area contributed by atoms with Crippen molar-refractivity contribution in [1.82, 2.24) is 0 Å². The van der Waals surface area contributed by atoms with Crippen molar-refractivity contribution in [1.29, 1.82) is 0 Å². The summed E-state index contributed by atoms with van der Waals surface area (Å²) in [7, 11) is 0. The molecule has 1 rings (SSSR count). The van der Waals surface area contributed by atoms with Gasteiger partial charge < -0.3 is 10.8 Å². The summed E-state index contributed by atoms with van der Waals surface area (Å²) >= 11 is 1.40. The van der Waals surface area contributed by atoms with Gasteiger partial charge in [0.1, 0.15) is 6.04 Å². The van der Waals surface area contributed by atoms with E-state index in [4.69, 9.17) is 10.8 Å². The second-order valence-electron chi connectivity index (χ2n) is 4.90. The number of thioether (sulfide) groups is 1. The number of carboxylic acids is 1. The molecule has 1 atom stereocenters. The molecule has 1 aromatic rings. The minimum absolute atomic E-state index is 0.0911. The number of aliphatic carboxylic acids is 1. The molecule has 0 aromatic heterocycles. The number of nitro groups is 1. The van der Waals surface area contributed by atoms with Gasteiger partial charge in [0.2, 0.25) is 0 Å². The van der Waals surface area contributed by atoms with E-state index < -0.39 is 21.7 Å². The van der Waals surface area contributed by atoms with Crippen LogP contribution in [0.3, 0.4) is 0 Å². The Labute approximate surface area is 121 Å². The van der Waals surface area contributed by atoms with Gasteiger partial charge in [-0.05, 0) is 26.0 Å². The SMILES string of the molecule is CC(C)(SCCc1ccccc1[N+](=O)[O-])[C@H](N)C(=O)O. The van der Waals surface area contributed by atoms with Gasteiger partial charge in [-0.2, -0.15) is 11.8 Å². The van der Waals surface area contributed by atoms with Gasteiger partial charge >= 0.3 is 5.97 Å². The molecule has 0 amide bonds. The molecule has 0 radical (unpaired) electrons. The Morgan fingerprint density at radius 2 is 2.10 bits per heavy atom. The van der Waals surface area contributed by atoms with Gasteiger partial charge in [0, 0.05) is 16.4 Å². The van der Waals surface area contributed by atoms with Crippen molar-refractivity contribution in [2.75, 3.05) is 5.75 Å². The fraction of sp³-hybridized carbons (Fsp3) is 0.462. The first-order valence-corrected chi connectivity index (χ1v) is 7.09. The number of nitro benzene ring substituents is 1. The van der Waals surface area contributed by atoms with Crippen LogP contribution in [0.1, 0.15) is 19.4 Å². The van der Waals surface area contributed by atoms with Crippen molar-refractivity contribution in [3.63, 3.8) is 0 Å². The summed E-state index contributed by atoms with van der Waals surface area (Å²) in [6, 6.07) is 5.58. The minimum Gasteiger partial charge on any atom is -0.480 e. The lowest BCUT2D eigenvalue weighted by Crippen LogP contribution is -2.46. The van der Waals surface area contributed by atoms with E-state index >= 15 is 0 Å². The quantitative estimate of drug-likeness (QED) is 0.589. The van der Waals surface area contributed by atoms with E-state index in [-0.39, 0.29) is 5.69 Å². The predicted octanol–water partition coefficient (Wildman–Crippen LogP) is 2.06. The monoisotopic (exact) mass is 298 g/mol. The number of carboxylic acid groups (broad SMARTS) is 1. The molecule has 7 heteroatoms. The maximum Gasteiger partial charge on any atom is 0.321 e. The largest absolute Gasteiger partial charge is 0.480 e. The minimum atomic E-state index is -1.05. The lowest BCUT2D eigenvalue weighted by Gasteiger charge is -2.27. The van der Waals surface area contributed by atoms with Gasteiger partial charge in [-0.1, -0.05) is 18.2 Å². The zero-order valence-corrected chi connectivity index (χ0v) is 12.2. The van der Waals surface area contributed by atoms with Gasteiger partial charge in [0.25, 0.3) is 5.69 Å². The van der Waals surface area contributed by atoms with Crippen molar-refractivity contribution >= 4 is 23.4 Å². The summed E-state index contributed by atoms with van der Waals surface area (Å²) in [5.74, 6) is -0.480. The van der Waals surface area contributed by atoms with E-state index in [2.05, 4.69) is 0 Å². The maximum absolute atomic E-state index is 10.9. The molecule has 6 nitrogen and oxygen atoms in total. The third-order valence-electron chi connectivity index (χ3n) is 3.05. The Bertz CT molecular complexity index is 505. The van der Waals surface area contributed by atoms with Gasteiger partial charge in [-0.25, -0.2) is 0 Å². The lowest BCUT2D eigenvalue weighted by molar-refractivity contribution is -0.385. The number of para-hydroxylation sites is 1. The second kappa shape index (κ2) is 6.71. The van der Waals surface area contributed by atoms with Crippen molar-refractivity contribution in [2.24, 2.45) is 5.73 Å². The fourth-order valence-electron chi connectivity index (χ4n) is 1.71. The standard InChI is InChI=1S/C13H18N2O4S/c1-13(2,11(14)12(16)17)20-8-7-9-5-3-4-6-10(9)15(18)19/h3-6,11H,7-8,14H2,1-2H3,(H,16,17)/t11-/m1/s1. The number of nitrogens with two attached hydrogens (primary N) is 1. The number of aryl methyl sites for hydroxylation is 1. The van der Waals surface area contributed by atoms with Crippen LogP contribution in [0.15, 0.2) is 24.3 Å². The van der Waals surface area contributed by atoms with Crippen LogP contribution in [0.5, 0.6) is 0 Å². The summed E-state index contributed by atoms with van der Waals surface area (Å²) in [4.78, 5) is 21.4. The molecular formula is C13H18N2O4S. The van der Waals surface area contributed by atoms with Gasteiger partial charge in [-0.15, -0.1) is 0 Å². The molecule has 0 unspecified atom stereocenters. The van der Waals surface area contributed by atoms with Crippen LogP contribution in [0.2, 0.25) is 0 Å². The van der Waals surface area contributed by atoms with Crippen LogP contribution in [0.4, 0.5) is 5.69 Å². The predicted molar refractivity (Wildman–Crippen MR) is 78.9 cm³/mol. The molecule has 0 spiro atoms. The van der Waals surface area contributed by atoms with Crippen molar-refractivity contribution < 1.29 is 14.8 Å². The van der Waals surface area contributed by atoms with Crippen molar-refractivity contribution in [2.45, 2.75) is 31.1 Å². The molecule has 0 aliphatic rings. The van der Waals surface area contributed by atoms with Crippen molar-refractivity contribution in [3.8, 4) is 0 Å². The first kappa shape index (κ1) is 16.5. The highest BCUT2D eigenvalue weighted by Gasteiger charge is 2.32. The zero-order valence-electron chi connectivity index (χ0n) is 11.4. The van der Waals surface area contributed by atoms with Crippen molar-refractivity contribution in [3.05, 3.63) is 39.9 Å². The number of nitrogens with zero attached hydrogens (tertiary/aromatic N) is 1. The summed E-state index contributed by atoms with van der Waals surface area (Å²) in [5, 5.41) is 19.8. The Hall–Kier alpha value is -1.60. The lowest BCUT2D eigenvalue weighted by atomic mass is 10.1. The normalized spacial score (nSPS) is 12.9. The van der Waals surface area contributed by atoms with E-state index in [0.29, 0.717) is 17.7 Å². The Morgan fingerprint density at radius 1 is 1.50 bits per heavy atom. The van der Waals surface area contributed by atoms with Crippen LogP contribution in [0.25, 0.3) is 0 Å². The van der Waals surface area contributed by atoms with Crippen LogP contribution >= 0.6 is 11.8 Å². The highest BCUT2D eigenvalue weighted by Crippen LogP contribution is 2.29. The summed E-state index contributed by atoms with van der Waals surface area (Å²) in [6.45, 7) is 3.52. The Balaban J connectivity index is 2.65. The van der Waals surface area contributed by atoms with Crippen LogP contribution in [-0.4, -0.2) is 32.5 Å². The molecule has 0 saturated carbocycles. The van der Waals surface area contributed by atoms with E-state index in [1.165, 1.54) is 17.8 Å². The molecule has 0 aliphatic heterocycles. The smallest absolute Gasteiger partial charge is 0.321 e. The highest BCUT2D eigenvalue weighted by atomic mass is 32.2. The number of benzene rings is 1. The average molecular weight is 298 g/mol. The van der Waals surface area contributed by atoms with E-state index in [0.717, 1.165) is 0 Å². The van der Waals surface area contributed by atoms with Crippen LogP contribution < -0.4 is 5.73 Å². The summed E-state index contributed by atoms with van der Waals surface area (Å²) < 4.78 is -0.630. The first-order chi connectivity index (χ1) is 9.25. The molecule has 20 heavy (non-hydrogen) atoms. The van der Waals surface area contributed by atoms with E-state index in [1.54, 1.807) is 32.0 Å². The third-order valence-corrected chi connectivity index (χ3v) is 4.46. The molecule has 0 aliphatic carbocycles. The maximum atomic E-state index is 10.9. The molecular weight excluding hydrogens is 280 g/mol. The number of hydrogen-bond donors (Lipinski definition) is 2. The topological polar surface area (TPSA) is 106 Å². The van der Waals surface area contributed by atoms with Crippen LogP contribution in [-0.2, 0) is 11.2 Å². The Morgan fingerprint density at radius 3 is 2.65 bits per heavy atom. The number of carbonyl (C=O) groups is 1.